The number of fused-ring (bicyclic) bond motifs is 1. The van der Waals surface area contributed by atoms with Crippen molar-refractivity contribution in [3.8, 4) is 5.75 Å². The van der Waals surface area contributed by atoms with Gasteiger partial charge in [0.1, 0.15) is 10.6 Å². The number of rotatable bonds is 1. The summed E-state index contributed by atoms with van der Waals surface area (Å²) in [5, 5.41) is 3.17. The first kappa shape index (κ1) is 6.61. The van der Waals surface area contributed by atoms with Gasteiger partial charge in [-0.05, 0) is 17.5 Å². The van der Waals surface area contributed by atoms with Crippen molar-refractivity contribution in [1.82, 2.24) is 4.98 Å². The van der Waals surface area contributed by atoms with Gasteiger partial charge in [-0.15, -0.1) is 11.3 Å². The van der Waals surface area contributed by atoms with Crippen LogP contribution in [0.15, 0.2) is 23.7 Å². The van der Waals surface area contributed by atoms with Crippen LogP contribution in [0.1, 0.15) is 0 Å². The van der Waals surface area contributed by atoms with Crippen LogP contribution in [0, 0.1) is 0 Å². The van der Waals surface area contributed by atoms with Gasteiger partial charge < -0.3 is 4.74 Å². The fourth-order valence-corrected chi connectivity index (χ4v) is 1.67. The van der Waals surface area contributed by atoms with E-state index in [4.69, 9.17) is 4.74 Å². The van der Waals surface area contributed by atoms with Gasteiger partial charge in [-0.25, -0.2) is 4.98 Å². The van der Waals surface area contributed by atoms with E-state index < -0.39 is 0 Å². The standard InChI is InChI=1S/C8H7NOS/c1-10-7-4-6-2-3-11-8(6)9-5-7/h2-5H,1H3. The molecule has 2 nitrogen and oxygen atoms in total. The number of hydrogen-bond donors (Lipinski definition) is 0. The Hall–Kier alpha value is -1.09. The molecule has 11 heavy (non-hydrogen) atoms. The highest BCUT2D eigenvalue weighted by Gasteiger charge is 1.96. The predicted octanol–water partition coefficient (Wildman–Crippen LogP) is 2.30. The van der Waals surface area contributed by atoms with Gasteiger partial charge in [0.05, 0.1) is 13.3 Å². The zero-order chi connectivity index (χ0) is 7.68. The normalized spacial score (nSPS) is 10.3. The number of aromatic nitrogens is 1. The number of hydrogen-bond acceptors (Lipinski definition) is 3. The third kappa shape index (κ3) is 1.07. The Morgan fingerprint density at radius 3 is 3.27 bits per heavy atom. The SMILES string of the molecule is COc1cnc2sccc2c1. The molecule has 0 bridgehead atoms. The minimum absolute atomic E-state index is 0.816. The maximum absolute atomic E-state index is 5.03. The summed E-state index contributed by atoms with van der Waals surface area (Å²) < 4.78 is 5.03. The number of thiophene rings is 1. The molecular weight excluding hydrogens is 158 g/mol. The maximum Gasteiger partial charge on any atom is 0.137 e. The summed E-state index contributed by atoms with van der Waals surface area (Å²) in [5.74, 6) is 0.816. The van der Waals surface area contributed by atoms with Gasteiger partial charge in [-0.3, -0.25) is 0 Å². The van der Waals surface area contributed by atoms with Gasteiger partial charge in [-0.2, -0.15) is 0 Å². The van der Waals surface area contributed by atoms with Gasteiger partial charge in [0, 0.05) is 5.39 Å². The Balaban J connectivity index is 2.67. The first-order valence-electron chi connectivity index (χ1n) is 3.27. The molecule has 0 atom stereocenters. The highest BCUT2D eigenvalue weighted by Crippen LogP contribution is 2.21. The van der Waals surface area contributed by atoms with Crippen LogP contribution in [0.2, 0.25) is 0 Å². The minimum atomic E-state index is 0.816. The second kappa shape index (κ2) is 2.51. The number of methoxy groups -OCH3 is 1. The topological polar surface area (TPSA) is 22.1 Å². The van der Waals surface area contributed by atoms with Crippen LogP contribution in [-0.4, -0.2) is 12.1 Å². The zero-order valence-corrected chi connectivity index (χ0v) is 6.89. The molecule has 0 saturated carbocycles. The summed E-state index contributed by atoms with van der Waals surface area (Å²) in [7, 11) is 1.65. The summed E-state index contributed by atoms with van der Waals surface area (Å²) in [6, 6.07) is 4.02. The summed E-state index contributed by atoms with van der Waals surface area (Å²) >= 11 is 1.64. The molecule has 0 amide bonds. The van der Waals surface area contributed by atoms with Crippen LogP contribution in [0.5, 0.6) is 5.75 Å². The van der Waals surface area contributed by atoms with E-state index in [1.807, 2.05) is 17.5 Å². The van der Waals surface area contributed by atoms with Crippen LogP contribution in [0.4, 0.5) is 0 Å². The summed E-state index contributed by atoms with van der Waals surface area (Å²) in [6.07, 6.45) is 1.73. The third-order valence-electron chi connectivity index (χ3n) is 1.52. The molecule has 3 heteroatoms. The minimum Gasteiger partial charge on any atom is -0.495 e. The molecule has 2 aromatic heterocycles. The van der Waals surface area contributed by atoms with Gasteiger partial charge in [0.25, 0.3) is 0 Å². The molecule has 0 fully saturated rings. The number of nitrogens with zero attached hydrogens (tertiary/aromatic N) is 1. The van der Waals surface area contributed by atoms with E-state index in [1.165, 1.54) is 0 Å². The quantitative estimate of drug-likeness (QED) is 0.646. The Morgan fingerprint density at radius 1 is 1.55 bits per heavy atom. The molecule has 0 aromatic carbocycles. The lowest BCUT2D eigenvalue weighted by Crippen LogP contribution is -1.82. The molecule has 2 aromatic rings. The van der Waals surface area contributed by atoms with E-state index >= 15 is 0 Å². The van der Waals surface area contributed by atoms with Crippen LogP contribution in [-0.2, 0) is 0 Å². The molecule has 0 N–H and O–H groups in total. The predicted molar refractivity (Wildman–Crippen MR) is 46.2 cm³/mol. The summed E-state index contributed by atoms with van der Waals surface area (Å²) in [6.45, 7) is 0. The fourth-order valence-electron chi connectivity index (χ4n) is 0.950. The Bertz CT molecular complexity index is 369. The third-order valence-corrected chi connectivity index (χ3v) is 2.35. The second-order valence-corrected chi connectivity index (χ2v) is 3.08. The average Bonchev–Trinajstić information content (AvgIpc) is 2.50. The Kier molecular flexibility index (Phi) is 1.51. The van der Waals surface area contributed by atoms with Crippen molar-refractivity contribution in [3.05, 3.63) is 23.7 Å². The molecule has 0 saturated heterocycles. The first-order valence-corrected chi connectivity index (χ1v) is 4.15. The lowest BCUT2D eigenvalue weighted by molar-refractivity contribution is 0.414. The lowest BCUT2D eigenvalue weighted by Gasteiger charge is -1.96. The van der Waals surface area contributed by atoms with Crippen molar-refractivity contribution in [1.29, 1.82) is 0 Å². The van der Waals surface area contributed by atoms with Gasteiger partial charge >= 0.3 is 0 Å². The number of pyridine rings is 1. The molecule has 0 aliphatic heterocycles. The molecule has 2 heterocycles. The molecule has 0 unspecified atom stereocenters. The van der Waals surface area contributed by atoms with E-state index in [0.717, 1.165) is 16.0 Å². The Labute approximate surface area is 68.5 Å². The van der Waals surface area contributed by atoms with Crippen molar-refractivity contribution in [3.63, 3.8) is 0 Å². The van der Waals surface area contributed by atoms with E-state index in [9.17, 15) is 0 Å². The second-order valence-electron chi connectivity index (χ2n) is 2.19. The average molecular weight is 165 g/mol. The number of ether oxygens (including phenoxy) is 1. The van der Waals surface area contributed by atoms with Crippen molar-refractivity contribution >= 4 is 21.6 Å². The van der Waals surface area contributed by atoms with Crippen LogP contribution >= 0.6 is 11.3 Å². The maximum atomic E-state index is 5.03. The van der Waals surface area contributed by atoms with Crippen molar-refractivity contribution in [2.45, 2.75) is 0 Å². The lowest BCUT2D eigenvalue weighted by atomic mass is 10.3. The van der Waals surface area contributed by atoms with Crippen molar-refractivity contribution < 1.29 is 4.74 Å². The first-order chi connectivity index (χ1) is 5.40. The fraction of sp³-hybridized carbons (Fsp3) is 0.125. The van der Waals surface area contributed by atoms with Gasteiger partial charge in [0.15, 0.2) is 0 Å². The molecule has 56 valence electrons. The van der Waals surface area contributed by atoms with Crippen LogP contribution in [0.25, 0.3) is 10.2 Å². The van der Waals surface area contributed by atoms with E-state index in [0.29, 0.717) is 0 Å². The van der Waals surface area contributed by atoms with Gasteiger partial charge in [-0.1, -0.05) is 0 Å². The van der Waals surface area contributed by atoms with E-state index in [1.54, 1.807) is 24.6 Å². The van der Waals surface area contributed by atoms with Gasteiger partial charge in [0.2, 0.25) is 0 Å². The molecule has 0 radical (unpaired) electrons. The highest BCUT2D eigenvalue weighted by molar-refractivity contribution is 7.16. The molecular formula is C8H7NOS. The van der Waals surface area contributed by atoms with Crippen LogP contribution < -0.4 is 4.74 Å². The molecule has 0 spiro atoms. The van der Waals surface area contributed by atoms with Crippen molar-refractivity contribution in [2.75, 3.05) is 7.11 Å². The largest absolute Gasteiger partial charge is 0.495 e. The monoisotopic (exact) mass is 165 g/mol. The molecule has 0 aliphatic rings. The van der Waals surface area contributed by atoms with E-state index in [2.05, 4.69) is 4.98 Å². The summed E-state index contributed by atoms with van der Waals surface area (Å²) in [5.41, 5.74) is 0. The van der Waals surface area contributed by atoms with Crippen LogP contribution in [0.3, 0.4) is 0 Å². The van der Waals surface area contributed by atoms with Crippen molar-refractivity contribution in [2.24, 2.45) is 0 Å². The highest BCUT2D eigenvalue weighted by atomic mass is 32.1. The molecule has 0 aliphatic carbocycles. The summed E-state index contributed by atoms with van der Waals surface area (Å²) in [4.78, 5) is 5.27. The molecule has 2 rings (SSSR count). The van der Waals surface area contributed by atoms with E-state index in [-0.39, 0.29) is 0 Å². The smallest absolute Gasteiger partial charge is 0.137 e. The zero-order valence-electron chi connectivity index (χ0n) is 6.07. The Morgan fingerprint density at radius 2 is 2.45 bits per heavy atom.